The van der Waals surface area contributed by atoms with E-state index in [1.807, 2.05) is 0 Å². The van der Waals surface area contributed by atoms with Crippen LogP contribution >= 0.6 is 23.2 Å². The van der Waals surface area contributed by atoms with Gasteiger partial charge >= 0.3 is 0 Å². The average Bonchev–Trinajstić information content (AvgIpc) is 1.87. The maximum absolute atomic E-state index is 10.4. The molecule has 0 spiro atoms. The van der Waals surface area contributed by atoms with E-state index in [1.165, 1.54) is 18.4 Å². The quantitative estimate of drug-likeness (QED) is 0.421. The van der Waals surface area contributed by atoms with Crippen LogP contribution in [0.2, 0.25) is 0 Å². The monoisotopic (exact) mass is 191 g/mol. The standard InChI is InChI=1S/C7H7Cl2NO/c1-5(7(9)11)4-6(8)2-3-10/h2-4H,1,10H2/b3-2-,6-4+. The van der Waals surface area contributed by atoms with Crippen LogP contribution in [0.5, 0.6) is 0 Å². The summed E-state index contributed by atoms with van der Waals surface area (Å²) < 4.78 is 0. The molecule has 11 heavy (non-hydrogen) atoms. The van der Waals surface area contributed by atoms with E-state index >= 15 is 0 Å². The van der Waals surface area contributed by atoms with E-state index in [2.05, 4.69) is 6.58 Å². The van der Waals surface area contributed by atoms with Gasteiger partial charge in [-0.1, -0.05) is 18.2 Å². The van der Waals surface area contributed by atoms with E-state index < -0.39 is 5.24 Å². The average molecular weight is 192 g/mol. The van der Waals surface area contributed by atoms with Gasteiger partial charge in [0.2, 0.25) is 0 Å². The SMILES string of the molecule is C=C(/C=C(Cl)\C=C/N)C(=O)Cl. The van der Waals surface area contributed by atoms with Crippen LogP contribution in [-0.4, -0.2) is 5.24 Å². The maximum atomic E-state index is 10.4. The lowest BCUT2D eigenvalue weighted by Crippen LogP contribution is -1.87. The van der Waals surface area contributed by atoms with E-state index in [9.17, 15) is 4.79 Å². The summed E-state index contributed by atoms with van der Waals surface area (Å²) in [4.78, 5) is 10.4. The van der Waals surface area contributed by atoms with Crippen LogP contribution in [0.15, 0.2) is 35.5 Å². The number of allylic oxidation sites excluding steroid dienone is 4. The maximum Gasteiger partial charge on any atom is 0.251 e. The minimum absolute atomic E-state index is 0.134. The second-order valence-corrected chi connectivity index (χ2v) is 2.47. The van der Waals surface area contributed by atoms with Gasteiger partial charge in [0.05, 0.1) is 0 Å². The minimum atomic E-state index is -0.631. The predicted molar refractivity (Wildman–Crippen MR) is 47.3 cm³/mol. The molecule has 0 aromatic carbocycles. The third-order valence-corrected chi connectivity index (χ3v) is 1.30. The zero-order chi connectivity index (χ0) is 8.85. The van der Waals surface area contributed by atoms with Crippen LogP contribution in [0.4, 0.5) is 0 Å². The first kappa shape index (κ1) is 10.3. The molecule has 0 fully saturated rings. The molecule has 0 aromatic heterocycles. The zero-order valence-corrected chi connectivity index (χ0v) is 7.19. The van der Waals surface area contributed by atoms with Crippen molar-refractivity contribution in [1.29, 1.82) is 0 Å². The molecule has 2 N–H and O–H groups in total. The van der Waals surface area contributed by atoms with Crippen molar-refractivity contribution in [3.8, 4) is 0 Å². The van der Waals surface area contributed by atoms with Gasteiger partial charge in [0.15, 0.2) is 0 Å². The number of rotatable bonds is 3. The highest BCUT2D eigenvalue weighted by atomic mass is 35.5. The third kappa shape index (κ3) is 4.65. The van der Waals surface area contributed by atoms with Gasteiger partial charge in [0.25, 0.3) is 5.24 Å². The van der Waals surface area contributed by atoms with E-state index in [4.69, 9.17) is 28.9 Å². The molecule has 0 unspecified atom stereocenters. The summed E-state index contributed by atoms with van der Waals surface area (Å²) >= 11 is 10.6. The Hall–Kier alpha value is -0.730. The van der Waals surface area contributed by atoms with Crippen molar-refractivity contribution in [3.63, 3.8) is 0 Å². The lowest BCUT2D eigenvalue weighted by atomic mass is 10.3. The molecular formula is C7H7Cl2NO. The highest BCUT2D eigenvalue weighted by Crippen LogP contribution is 2.08. The molecule has 0 rings (SSSR count). The molecule has 2 nitrogen and oxygen atoms in total. The fourth-order valence-electron chi connectivity index (χ4n) is 0.363. The summed E-state index contributed by atoms with van der Waals surface area (Å²) in [6.45, 7) is 3.36. The Morgan fingerprint density at radius 2 is 2.00 bits per heavy atom. The highest BCUT2D eigenvalue weighted by Gasteiger charge is 1.98. The Balaban J connectivity index is 4.31. The van der Waals surface area contributed by atoms with Gasteiger partial charge in [-0.25, -0.2) is 0 Å². The number of carbonyl (C=O) groups is 1. The molecule has 0 atom stereocenters. The van der Waals surface area contributed by atoms with Crippen molar-refractivity contribution in [3.05, 3.63) is 35.5 Å². The second-order valence-electron chi connectivity index (χ2n) is 1.69. The van der Waals surface area contributed by atoms with Crippen LogP contribution in [0.1, 0.15) is 0 Å². The van der Waals surface area contributed by atoms with Crippen LogP contribution in [-0.2, 0) is 4.79 Å². The van der Waals surface area contributed by atoms with Crippen molar-refractivity contribution in [2.45, 2.75) is 0 Å². The lowest BCUT2D eigenvalue weighted by Gasteiger charge is -1.89. The van der Waals surface area contributed by atoms with Gasteiger partial charge < -0.3 is 5.73 Å². The Morgan fingerprint density at radius 1 is 1.45 bits per heavy atom. The fourth-order valence-corrected chi connectivity index (χ4v) is 0.622. The number of hydrogen-bond acceptors (Lipinski definition) is 2. The second kappa shape index (κ2) is 4.99. The molecule has 0 aliphatic carbocycles. The molecule has 0 aliphatic rings. The van der Waals surface area contributed by atoms with E-state index in [0.29, 0.717) is 5.03 Å². The highest BCUT2D eigenvalue weighted by molar-refractivity contribution is 6.68. The molecule has 0 heterocycles. The molecule has 0 saturated carbocycles. The van der Waals surface area contributed by atoms with Gasteiger partial charge in [-0.2, -0.15) is 0 Å². The molecule has 4 heteroatoms. The van der Waals surface area contributed by atoms with E-state index in [-0.39, 0.29) is 5.57 Å². The molecule has 0 aliphatic heterocycles. The number of carbonyl (C=O) groups excluding carboxylic acids is 1. The van der Waals surface area contributed by atoms with Crippen LogP contribution in [0, 0.1) is 0 Å². The zero-order valence-electron chi connectivity index (χ0n) is 5.68. The molecule has 0 saturated heterocycles. The van der Waals surface area contributed by atoms with Crippen molar-refractivity contribution in [2.75, 3.05) is 0 Å². The van der Waals surface area contributed by atoms with Gasteiger partial charge in [0.1, 0.15) is 0 Å². The molecule has 0 aromatic rings. The van der Waals surface area contributed by atoms with Crippen molar-refractivity contribution >= 4 is 28.4 Å². The van der Waals surface area contributed by atoms with Gasteiger partial charge in [-0.3, -0.25) is 4.79 Å². The fraction of sp³-hybridized carbons (Fsp3) is 0. The first-order valence-corrected chi connectivity index (χ1v) is 3.47. The number of halogens is 2. The molecular weight excluding hydrogens is 185 g/mol. The molecule has 0 amide bonds. The summed E-state index contributed by atoms with van der Waals surface area (Å²) in [7, 11) is 0. The topological polar surface area (TPSA) is 43.1 Å². The number of nitrogens with two attached hydrogens (primary N) is 1. The molecule has 0 radical (unpaired) electrons. The first-order chi connectivity index (χ1) is 5.07. The molecule has 60 valence electrons. The largest absolute Gasteiger partial charge is 0.405 e. The van der Waals surface area contributed by atoms with Gasteiger partial charge in [-0.05, 0) is 30.0 Å². The summed E-state index contributed by atoms with van der Waals surface area (Å²) in [6.07, 6.45) is 4.01. The summed E-state index contributed by atoms with van der Waals surface area (Å²) in [5.74, 6) is 0. The third-order valence-electron chi connectivity index (χ3n) is 0.820. The summed E-state index contributed by atoms with van der Waals surface area (Å²) in [5.41, 5.74) is 5.16. The van der Waals surface area contributed by atoms with E-state index in [0.717, 1.165) is 0 Å². The number of hydrogen-bond donors (Lipinski definition) is 1. The van der Waals surface area contributed by atoms with Crippen LogP contribution in [0.25, 0.3) is 0 Å². The predicted octanol–water partition coefficient (Wildman–Crippen LogP) is 1.90. The van der Waals surface area contributed by atoms with Crippen LogP contribution in [0.3, 0.4) is 0 Å². The Labute approximate surface area is 75.0 Å². The first-order valence-electron chi connectivity index (χ1n) is 2.72. The Kier molecular flexibility index (Phi) is 4.66. The van der Waals surface area contributed by atoms with Crippen molar-refractivity contribution in [1.82, 2.24) is 0 Å². The Morgan fingerprint density at radius 3 is 2.36 bits per heavy atom. The lowest BCUT2D eigenvalue weighted by molar-refractivity contribution is -0.108. The minimum Gasteiger partial charge on any atom is -0.405 e. The normalized spacial score (nSPS) is 12.0. The van der Waals surface area contributed by atoms with Crippen molar-refractivity contribution < 1.29 is 4.79 Å². The summed E-state index contributed by atoms with van der Waals surface area (Å²) in [5, 5.41) is -0.319. The smallest absolute Gasteiger partial charge is 0.251 e. The van der Waals surface area contributed by atoms with Gasteiger partial charge in [-0.15, -0.1) is 0 Å². The van der Waals surface area contributed by atoms with E-state index in [1.54, 1.807) is 0 Å². The molecule has 0 bridgehead atoms. The van der Waals surface area contributed by atoms with Gasteiger partial charge in [0, 0.05) is 10.6 Å². The summed E-state index contributed by atoms with van der Waals surface area (Å²) in [6, 6.07) is 0. The van der Waals surface area contributed by atoms with Crippen LogP contribution < -0.4 is 5.73 Å². The Bertz CT molecular complexity index is 231. The van der Waals surface area contributed by atoms with Crippen molar-refractivity contribution in [2.24, 2.45) is 5.73 Å².